The van der Waals surface area contributed by atoms with Gasteiger partial charge in [-0.2, -0.15) is 11.8 Å². The lowest BCUT2D eigenvalue weighted by Crippen LogP contribution is -2.58. The van der Waals surface area contributed by atoms with E-state index in [1.807, 2.05) is 34.0 Å². The van der Waals surface area contributed by atoms with Gasteiger partial charge in [0.25, 0.3) is 0 Å². The van der Waals surface area contributed by atoms with Gasteiger partial charge in [0, 0.05) is 19.9 Å². The van der Waals surface area contributed by atoms with Crippen molar-refractivity contribution in [3.05, 3.63) is 35.9 Å². The Kier molecular flexibility index (Phi) is 21.8. The van der Waals surface area contributed by atoms with Crippen LogP contribution in [0.4, 0.5) is 0 Å². The summed E-state index contributed by atoms with van der Waals surface area (Å²) >= 11 is 1.47. The minimum Gasteiger partial charge on any atom is -0.481 e. The maximum absolute atomic E-state index is 14.1. The minimum absolute atomic E-state index is 0.0362. The van der Waals surface area contributed by atoms with Crippen molar-refractivity contribution in [1.29, 1.82) is 0 Å². The first-order valence-electron chi connectivity index (χ1n) is 18.2. The number of nitrogens with two attached hydrogens (primary N) is 1. The van der Waals surface area contributed by atoms with Gasteiger partial charge in [-0.15, -0.1) is 0 Å². The number of hydrogen-bond donors (Lipinski definition) is 8. The predicted octanol–water partition coefficient (Wildman–Crippen LogP) is -0.218. The van der Waals surface area contributed by atoms with E-state index in [1.54, 1.807) is 30.3 Å². The average molecular weight is 808 g/mol. The quantitative estimate of drug-likeness (QED) is 0.0604. The van der Waals surface area contributed by atoms with Gasteiger partial charge in [-0.1, -0.05) is 58.0 Å². The number of rotatable bonds is 26. The molecule has 0 aromatic heterocycles. The van der Waals surface area contributed by atoms with E-state index in [0.717, 1.165) is 4.90 Å². The molecule has 1 aromatic rings. The molecule has 0 radical (unpaired) electrons. The van der Waals surface area contributed by atoms with E-state index in [2.05, 4.69) is 26.6 Å². The lowest BCUT2D eigenvalue weighted by atomic mass is 9.99. The maximum atomic E-state index is 14.1. The van der Waals surface area contributed by atoms with E-state index in [-0.39, 0.29) is 31.1 Å². The first-order valence-corrected chi connectivity index (χ1v) is 19.6. The van der Waals surface area contributed by atoms with Crippen LogP contribution in [0.15, 0.2) is 30.3 Å². The van der Waals surface area contributed by atoms with Crippen LogP contribution in [0.3, 0.4) is 0 Å². The molecule has 312 valence electrons. The first-order chi connectivity index (χ1) is 26.2. The molecule has 0 saturated carbocycles. The van der Waals surface area contributed by atoms with Crippen molar-refractivity contribution >= 4 is 65.1 Å². The number of aliphatic carboxylic acids is 2. The number of benzene rings is 1. The second-order valence-corrected chi connectivity index (χ2v) is 15.2. The summed E-state index contributed by atoms with van der Waals surface area (Å²) in [6.45, 7) is 6.74. The van der Waals surface area contributed by atoms with Crippen molar-refractivity contribution in [1.82, 2.24) is 31.5 Å². The molecule has 1 aromatic carbocycles. The normalized spacial score (nSPS) is 13.6. The summed E-state index contributed by atoms with van der Waals surface area (Å²) in [6.07, 6.45) is 0.468. The Labute approximate surface area is 331 Å². The lowest BCUT2D eigenvalue weighted by molar-refractivity contribution is -0.144. The molecule has 56 heavy (non-hydrogen) atoms. The highest BCUT2D eigenvalue weighted by atomic mass is 32.2. The molecular weight excluding hydrogens is 751 g/mol. The molecule has 9 N–H and O–H groups in total. The molecule has 0 heterocycles. The number of thioether (sulfide) groups is 1. The lowest BCUT2D eigenvalue weighted by Gasteiger charge is -2.32. The fourth-order valence-corrected chi connectivity index (χ4v) is 5.98. The Hall–Kier alpha value is -5.20. The molecule has 5 atom stereocenters. The molecule has 1 rings (SSSR count). The number of amides is 7. The van der Waals surface area contributed by atoms with Gasteiger partial charge in [-0.3, -0.25) is 43.2 Å². The van der Waals surface area contributed by atoms with Gasteiger partial charge in [-0.25, -0.2) is 0 Å². The van der Waals surface area contributed by atoms with Gasteiger partial charge in [0.2, 0.25) is 41.4 Å². The number of likely N-dealkylation sites (N-methyl/N-ethyl adjacent to an activating group) is 1. The van der Waals surface area contributed by atoms with E-state index in [4.69, 9.17) is 10.8 Å². The van der Waals surface area contributed by atoms with Crippen LogP contribution in [-0.4, -0.2) is 124 Å². The number of carboxylic acids is 2. The highest BCUT2D eigenvalue weighted by Gasteiger charge is 2.35. The van der Waals surface area contributed by atoms with Crippen LogP contribution in [0.25, 0.3) is 0 Å². The summed E-state index contributed by atoms with van der Waals surface area (Å²) < 4.78 is 0. The predicted molar refractivity (Wildman–Crippen MR) is 208 cm³/mol. The molecule has 0 aliphatic heterocycles. The van der Waals surface area contributed by atoms with Crippen LogP contribution in [0, 0.1) is 11.8 Å². The largest absolute Gasteiger partial charge is 0.481 e. The fourth-order valence-electron chi connectivity index (χ4n) is 5.51. The SMILES string of the molecule is CSCC[C@H](NC(=O)[C@H](CC(C)C)NC(=O)CNC(=O)[C@H](CC(C)C)N(C)C(=O)[C@H](Cc1ccccc1)NC(=O)[C@H](CC(=O)O)NC(=O)CCC(=O)O)C(N)=O. The van der Waals surface area contributed by atoms with Gasteiger partial charge in [0.05, 0.1) is 19.4 Å². The molecule has 0 bridgehead atoms. The van der Waals surface area contributed by atoms with Gasteiger partial charge >= 0.3 is 11.9 Å². The summed E-state index contributed by atoms with van der Waals surface area (Å²) in [5, 5.41) is 30.8. The third-order valence-electron chi connectivity index (χ3n) is 8.36. The Morgan fingerprint density at radius 1 is 0.714 bits per heavy atom. The van der Waals surface area contributed by atoms with E-state index in [9.17, 15) is 48.3 Å². The van der Waals surface area contributed by atoms with Crippen LogP contribution in [0.2, 0.25) is 0 Å². The Morgan fingerprint density at radius 2 is 1.29 bits per heavy atom. The zero-order valence-corrected chi connectivity index (χ0v) is 33.6. The minimum atomic E-state index is -1.66. The van der Waals surface area contributed by atoms with E-state index in [1.165, 1.54) is 18.8 Å². The smallest absolute Gasteiger partial charge is 0.305 e. The fraction of sp³-hybridized carbons (Fsp3) is 0.595. The average Bonchev–Trinajstić information content (AvgIpc) is 3.11. The van der Waals surface area contributed by atoms with Gasteiger partial charge < -0.3 is 47.4 Å². The summed E-state index contributed by atoms with van der Waals surface area (Å²) in [5.74, 6) is -7.70. The standard InChI is InChI=1S/C37H57N7O11S/c1-21(2)16-25(34(52)42-24(33(38)51)14-15-56-6)41-30(46)20-39-36(54)28(17-22(3)4)44(5)37(55)27(18-23-10-8-7-9-11-23)43-35(53)26(19-32(49)50)40-29(45)12-13-31(47)48/h7-11,21-22,24-28H,12-20H2,1-6H3,(H2,38,51)(H,39,54)(H,40,45)(H,41,46)(H,42,52)(H,43,53)(H,47,48)(H,49,50)/t24-,25-,26-,27-,28-/m0/s1. The molecule has 19 heteroatoms. The second-order valence-electron chi connectivity index (χ2n) is 14.2. The number of primary amides is 1. The van der Waals surface area contributed by atoms with Gasteiger partial charge in [-0.05, 0) is 48.7 Å². The molecule has 0 unspecified atom stereocenters. The highest BCUT2D eigenvalue weighted by Crippen LogP contribution is 2.15. The van der Waals surface area contributed by atoms with Crippen molar-refractivity contribution in [3.8, 4) is 0 Å². The number of carbonyl (C=O) groups is 9. The molecule has 0 aliphatic rings. The topological polar surface area (TPSA) is 283 Å². The van der Waals surface area contributed by atoms with Crippen molar-refractivity contribution in [2.75, 3.05) is 25.6 Å². The Balaban J connectivity index is 3.25. The van der Waals surface area contributed by atoms with Gasteiger partial charge in [0.1, 0.15) is 30.2 Å². The van der Waals surface area contributed by atoms with E-state index >= 15 is 0 Å². The molecule has 0 saturated heterocycles. The summed E-state index contributed by atoms with van der Waals surface area (Å²) in [6, 6.07) is 2.38. The Bertz CT molecular complexity index is 1530. The number of hydrogen-bond acceptors (Lipinski definition) is 10. The second kappa shape index (κ2) is 25.1. The summed E-state index contributed by atoms with van der Waals surface area (Å²) in [5.41, 5.74) is 6.07. The molecule has 18 nitrogen and oxygen atoms in total. The zero-order valence-electron chi connectivity index (χ0n) is 32.8. The first kappa shape index (κ1) is 48.8. The van der Waals surface area contributed by atoms with Crippen LogP contribution >= 0.6 is 11.8 Å². The number of carbonyl (C=O) groups excluding carboxylic acids is 7. The maximum Gasteiger partial charge on any atom is 0.305 e. The van der Waals surface area contributed by atoms with Crippen LogP contribution in [-0.2, 0) is 49.6 Å². The van der Waals surface area contributed by atoms with Crippen molar-refractivity contribution < 1.29 is 53.4 Å². The molecule has 0 aliphatic carbocycles. The number of nitrogens with one attached hydrogen (secondary N) is 5. The van der Waals surface area contributed by atoms with Crippen molar-refractivity contribution in [3.63, 3.8) is 0 Å². The van der Waals surface area contributed by atoms with Crippen LogP contribution < -0.4 is 32.3 Å². The highest BCUT2D eigenvalue weighted by molar-refractivity contribution is 7.98. The van der Waals surface area contributed by atoms with Crippen LogP contribution in [0.1, 0.15) is 71.8 Å². The molecule has 0 spiro atoms. The zero-order chi connectivity index (χ0) is 42.5. The van der Waals surface area contributed by atoms with Crippen molar-refractivity contribution in [2.45, 2.75) is 103 Å². The van der Waals surface area contributed by atoms with Crippen molar-refractivity contribution in [2.24, 2.45) is 17.6 Å². The summed E-state index contributed by atoms with van der Waals surface area (Å²) in [7, 11) is 1.34. The molecule has 7 amide bonds. The number of nitrogens with zero attached hydrogens (tertiary/aromatic N) is 1. The molecular formula is C37H57N7O11S. The van der Waals surface area contributed by atoms with Gasteiger partial charge in [0.15, 0.2) is 0 Å². The monoisotopic (exact) mass is 807 g/mol. The molecule has 0 fully saturated rings. The van der Waals surface area contributed by atoms with E-state index < -0.39 is 109 Å². The van der Waals surface area contributed by atoms with Crippen LogP contribution in [0.5, 0.6) is 0 Å². The third kappa shape index (κ3) is 18.9. The Morgan fingerprint density at radius 3 is 1.82 bits per heavy atom. The third-order valence-corrected chi connectivity index (χ3v) is 9.00. The summed E-state index contributed by atoms with van der Waals surface area (Å²) in [4.78, 5) is 115. The van der Waals surface area contributed by atoms with E-state index in [0.29, 0.717) is 17.7 Å². The number of carboxylic acid groups (broad SMARTS) is 2.